The first-order valence-electron chi connectivity index (χ1n) is 6.62. The van der Waals surface area contributed by atoms with Crippen molar-refractivity contribution in [3.63, 3.8) is 0 Å². The van der Waals surface area contributed by atoms with E-state index in [0.717, 1.165) is 24.9 Å². The third-order valence-electron chi connectivity index (χ3n) is 2.88. The lowest BCUT2D eigenvalue weighted by molar-refractivity contribution is 0.113. The van der Waals surface area contributed by atoms with Gasteiger partial charge >= 0.3 is 0 Å². The van der Waals surface area contributed by atoms with E-state index in [1.165, 1.54) is 12.8 Å². The van der Waals surface area contributed by atoms with E-state index in [4.69, 9.17) is 4.74 Å². The Bertz CT molecular complexity index is 367. The lowest BCUT2D eigenvalue weighted by Gasteiger charge is -2.19. The summed E-state index contributed by atoms with van der Waals surface area (Å²) in [4.78, 5) is 0. The molecule has 0 amide bonds. The molecule has 2 rings (SSSR count). The van der Waals surface area contributed by atoms with E-state index in [2.05, 4.69) is 41.6 Å². The summed E-state index contributed by atoms with van der Waals surface area (Å²) in [6, 6.07) is 0. The van der Waals surface area contributed by atoms with E-state index in [1.54, 1.807) is 0 Å². The topological polar surface area (TPSA) is 64.9 Å². The van der Waals surface area contributed by atoms with Crippen LogP contribution < -0.4 is 5.32 Å². The monoisotopic (exact) mass is 253 g/mol. The second-order valence-corrected chi connectivity index (χ2v) is 5.94. The third-order valence-corrected chi connectivity index (χ3v) is 2.88. The van der Waals surface area contributed by atoms with Crippen LogP contribution in [0.25, 0.3) is 0 Å². The minimum Gasteiger partial charge on any atom is -0.379 e. The molecule has 0 aliphatic heterocycles. The van der Waals surface area contributed by atoms with Gasteiger partial charge in [-0.2, -0.15) is 0 Å². The lowest BCUT2D eigenvalue weighted by Crippen LogP contribution is -2.36. The summed E-state index contributed by atoms with van der Waals surface area (Å²) in [5, 5.41) is 15.1. The smallest absolute Gasteiger partial charge is 0.165 e. The highest BCUT2D eigenvalue weighted by Crippen LogP contribution is 2.28. The first kappa shape index (κ1) is 13.4. The largest absolute Gasteiger partial charge is 0.379 e. The predicted octanol–water partition coefficient (Wildman–Crippen LogP) is 0.988. The molecule has 1 N–H and O–H groups in total. The minimum absolute atomic E-state index is 0.0687. The zero-order valence-electron chi connectivity index (χ0n) is 11.5. The summed E-state index contributed by atoms with van der Waals surface area (Å²) in [7, 11) is 0. The Morgan fingerprint density at radius 1 is 1.39 bits per heavy atom. The Kier molecular flexibility index (Phi) is 4.29. The molecule has 1 aliphatic carbocycles. The van der Waals surface area contributed by atoms with E-state index in [0.29, 0.717) is 13.2 Å². The second-order valence-electron chi connectivity index (χ2n) is 5.94. The van der Waals surface area contributed by atoms with Crippen LogP contribution in [0.1, 0.15) is 39.4 Å². The molecule has 1 aliphatic rings. The van der Waals surface area contributed by atoms with Gasteiger partial charge in [0, 0.05) is 12.1 Å². The van der Waals surface area contributed by atoms with Crippen molar-refractivity contribution in [2.24, 2.45) is 5.92 Å². The zero-order valence-corrected chi connectivity index (χ0v) is 11.5. The van der Waals surface area contributed by atoms with E-state index >= 15 is 0 Å². The molecule has 0 bridgehead atoms. The van der Waals surface area contributed by atoms with Crippen molar-refractivity contribution < 1.29 is 4.74 Å². The van der Waals surface area contributed by atoms with E-state index in [1.807, 2.05) is 4.68 Å². The number of hydrogen-bond acceptors (Lipinski definition) is 5. The molecule has 0 aromatic carbocycles. The molecular formula is C12H23N5O. The average molecular weight is 253 g/mol. The number of tetrazole rings is 1. The molecule has 102 valence electrons. The van der Waals surface area contributed by atoms with Crippen molar-refractivity contribution in [1.82, 2.24) is 25.5 Å². The maximum atomic E-state index is 5.59. The summed E-state index contributed by atoms with van der Waals surface area (Å²) in [5.41, 5.74) is 0.0687. The predicted molar refractivity (Wildman–Crippen MR) is 68.0 cm³/mol. The van der Waals surface area contributed by atoms with Gasteiger partial charge in [-0.3, -0.25) is 0 Å². The van der Waals surface area contributed by atoms with Gasteiger partial charge in [0.15, 0.2) is 5.82 Å². The fourth-order valence-corrected chi connectivity index (χ4v) is 1.55. The second kappa shape index (κ2) is 5.75. The first-order valence-corrected chi connectivity index (χ1v) is 6.62. The first-order chi connectivity index (χ1) is 8.54. The van der Waals surface area contributed by atoms with Crippen LogP contribution in [0.15, 0.2) is 0 Å². The van der Waals surface area contributed by atoms with Crippen LogP contribution in [0, 0.1) is 5.92 Å². The van der Waals surface area contributed by atoms with Gasteiger partial charge < -0.3 is 10.1 Å². The van der Waals surface area contributed by atoms with Gasteiger partial charge in [0.05, 0.1) is 19.7 Å². The lowest BCUT2D eigenvalue weighted by atomic mass is 10.1. The Morgan fingerprint density at radius 2 is 2.17 bits per heavy atom. The van der Waals surface area contributed by atoms with Crippen molar-refractivity contribution in [3.05, 3.63) is 5.82 Å². The van der Waals surface area contributed by atoms with Crippen molar-refractivity contribution in [2.45, 2.75) is 52.2 Å². The normalized spacial score (nSPS) is 16.2. The number of hydrogen-bond donors (Lipinski definition) is 1. The van der Waals surface area contributed by atoms with Gasteiger partial charge in [0.1, 0.15) is 0 Å². The molecule has 0 atom stereocenters. The summed E-state index contributed by atoms with van der Waals surface area (Å²) < 4.78 is 7.41. The van der Waals surface area contributed by atoms with Gasteiger partial charge in [-0.25, -0.2) is 4.68 Å². The van der Waals surface area contributed by atoms with Crippen molar-refractivity contribution in [1.29, 1.82) is 0 Å². The molecule has 6 nitrogen and oxygen atoms in total. The van der Waals surface area contributed by atoms with Crippen molar-refractivity contribution >= 4 is 0 Å². The summed E-state index contributed by atoms with van der Waals surface area (Å²) in [6.07, 6.45) is 2.65. The number of nitrogens with one attached hydrogen (secondary N) is 1. The van der Waals surface area contributed by atoms with Crippen LogP contribution >= 0.6 is 0 Å². The molecule has 1 saturated carbocycles. The zero-order chi connectivity index (χ0) is 13.0. The fraction of sp³-hybridized carbons (Fsp3) is 0.917. The summed E-state index contributed by atoms with van der Waals surface area (Å²) in [6.45, 7) is 9.35. The summed E-state index contributed by atoms with van der Waals surface area (Å²) >= 11 is 0. The maximum Gasteiger partial charge on any atom is 0.165 e. The van der Waals surface area contributed by atoms with Crippen LogP contribution in [0.2, 0.25) is 0 Å². The van der Waals surface area contributed by atoms with Crippen LogP contribution in [0.4, 0.5) is 0 Å². The van der Waals surface area contributed by atoms with Crippen LogP contribution in [-0.4, -0.2) is 39.0 Å². The minimum atomic E-state index is 0.0687. The highest BCUT2D eigenvalue weighted by Gasteiger charge is 2.21. The van der Waals surface area contributed by atoms with E-state index < -0.39 is 0 Å². The Hall–Kier alpha value is -1.01. The van der Waals surface area contributed by atoms with Crippen LogP contribution in [0.5, 0.6) is 0 Å². The molecule has 0 spiro atoms. The number of ether oxygens (including phenoxy) is 1. The average Bonchev–Trinajstić information content (AvgIpc) is 3.00. The van der Waals surface area contributed by atoms with Gasteiger partial charge in [0.2, 0.25) is 0 Å². The van der Waals surface area contributed by atoms with E-state index in [9.17, 15) is 0 Å². The van der Waals surface area contributed by atoms with E-state index in [-0.39, 0.29) is 5.54 Å². The third kappa shape index (κ3) is 4.70. The van der Waals surface area contributed by atoms with Gasteiger partial charge in [-0.15, -0.1) is 5.10 Å². The molecular weight excluding hydrogens is 230 g/mol. The van der Waals surface area contributed by atoms with Crippen molar-refractivity contribution in [3.8, 4) is 0 Å². The molecule has 1 heterocycles. The fourth-order valence-electron chi connectivity index (χ4n) is 1.55. The Labute approximate surface area is 108 Å². The highest BCUT2D eigenvalue weighted by molar-refractivity contribution is 4.83. The van der Waals surface area contributed by atoms with Gasteiger partial charge in [-0.05, 0) is 50.0 Å². The SMILES string of the molecule is CC(C)(C)NCc1nnnn1CCOCC1CC1. The molecule has 0 saturated heterocycles. The molecule has 6 heteroatoms. The molecule has 0 radical (unpaired) electrons. The Balaban J connectivity index is 1.72. The highest BCUT2D eigenvalue weighted by atomic mass is 16.5. The molecule has 1 aromatic rings. The van der Waals surface area contributed by atoms with Crippen LogP contribution in [-0.2, 0) is 17.8 Å². The quantitative estimate of drug-likeness (QED) is 0.734. The molecule has 18 heavy (non-hydrogen) atoms. The summed E-state index contributed by atoms with van der Waals surface area (Å²) in [5.74, 6) is 1.67. The van der Waals surface area contributed by atoms with Crippen molar-refractivity contribution in [2.75, 3.05) is 13.2 Å². The molecule has 1 aromatic heterocycles. The van der Waals surface area contributed by atoms with Gasteiger partial charge in [0.25, 0.3) is 0 Å². The number of aromatic nitrogens is 4. The maximum absolute atomic E-state index is 5.59. The number of nitrogens with zero attached hydrogens (tertiary/aromatic N) is 4. The number of rotatable bonds is 7. The van der Waals surface area contributed by atoms with Gasteiger partial charge in [-0.1, -0.05) is 0 Å². The molecule has 0 unspecified atom stereocenters. The van der Waals surface area contributed by atoms with Crippen LogP contribution in [0.3, 0.4) is 0 Å². The Morgan fingerprint density at radius 3 is 2.83 bits per heavy atom. The molecule has 1 fully saturated rings. The standard InChI is InChI=1S/C12H23N5O/c1-12(2,3)13-8-11-14-15-16-17(11)6-7-18-9-10-4-5-10/h10,13H,4-9H2,1-3H3.